The highest BCUT2D eigenvalue weighted by Gasteiger charge is 2.26. The van der Waals surface area contributed by atoms with Gasteiger partial charge < -0.3 is 48.9 Å². The summed E-state index contributed by atoms with van der Waals surface area (Å²) in [5.74, 6) is -3.38. The normalized spacial score (nSPS) is 15.3. The molecule has 0 aromatic rings. The molecule has 2 aliphatic rings. The van der Waals surface area contributed by atoms with Gasteiger partial charge in [0.1, 0.15) is 19.8 Å². The zero-order valence-corrected chi connectivity index (χ0v) is 40.9. The van der Waals surface area contributed by atoms with Crippen molar-refractivity contribution < 1.29 is 57.2 Å². The zero-order chi connectivity index (χ0) is 47.9. The summed E-state index contributed by atoms with van der Waals surface area (Å²) in [4.78, 5) is 78.3. The molecule has 3 unspecified atom stereocenters. The Morgan fingerprint density at radius 2 is 0.985 bits per heavy atom. The largest absolute Gasteiger partial charge is 0.465 e. The first-order valence-corrected chi connectivity index (χ1v) is 25.3. The van der Waals surface area contributed by atoms with E-state index in [1.54, 1.807) is 9.80 Å². The van der Waals surface area contributed by atoms with E-state index in [-0.39, 0.29) is 77.3 Å². The topological polar surface area (TPSA) is 188 Å². The molecule has 378 valence electrons. The predicted octanol–water partition coefficient (Wildman–Crippen LogP) is 8.21. The first-order valence-electron chi connectivity index (χ1n) is 25.3. The maximum atomic E-state index is 13.2. The molecule has 2 aliphatic heterocycles. The van der Waals surface area contributed by atoms with Gasteiger partial charge >= 0.3 is 35.9 Å². The summed E-state index contributed by atoms with van der Waals surface area (Å²) in [6.07, 6.45) is 27.6. The Balaban J connectivity index is 1.70. The average molecular weight is 935 g/mol. The Bertz CT molecular complexity index is 1410. The molecule has 4 amide bonds. The van der Waals surface area contributed by atoms with Gasteiger partial charge in [-0.3, -0.25) is 19.2 Å². The highest BCUT2D eigenvalue weighted by Crippen LogP contribution is 2.17. The van der Waals surface area contributed by atoms with Gasteiger partial charge in [-0.25, -0.2) is 9.59 Å². The van der Waals surface area contributed by atoms with Gasteiger partial charge in [0.2, 0.25) is 0 Å². The number of carbonyl (C=O) groups excluding carboxylic acids is 6. The third-order valence-corrected chi connectivity index (χ3v) is 11.6. The minimum absolute atomic E-state index is 0.0142. The van der Waals surface area contributed by atoms with Crippen molar-refractivity contribution in [1.82, 2.24) is 20.4 Å². The molecule has 66 heavy (non-hydrogen) atoms. The summed E-state index contributed by atoms with van der Waals surface area (Å²) in [6, 6.07) is -0.360. The number of unbranched alkanes of at least 4 members (excludes halogenated alkanes) is 14. The highest BCUT2D eigenvalue weighted by molar-refractivity contribution is 5.81. The average Bonchev–Trinajstić information content (AvgIpc) is 3.91. The second kappa shape index (κ2) is 38.9. The summed E-state index contributed by atoms with van der Waals surface area (Å²) < 4.78 is 33.3. The van der Waals surface area contributed by atoms with Crippen LogP contribution in [0.1, 0.15) is 156 Å². The second-order valence-corrected chi connectivity index (χ2v) is 17.3. The highest BCUT2D eigenvalue weighted by atomic mass is 16.6. The Kier molecular flexibility index (Phi) is 34.1. The number of nitrogens with zero attached hydrogens (tertiary/aromatic N) is 2. The number of esters is 4. The van der Waals surface area contributed by atoms with Crippen molar-refractivity contribution >= 4 is 35.9 Å². The Morgan fingerprint density at radius 3 is 1.44 bits per heavy atom. The van der Waals surface area contributed by atoms with Crippen LogP contribution in [-0.2, 0) is 47.6 Å². The van der Waals surface area contributed by atoms with Gasteiger partial charge in [0.15, 0.2) is 0 Å². The minimum Gasteiger partial charge on any atom is -0.465 e. The van der Waals surface area contributed by atoms with Gasteiger partial charge in [0, 0.05) is 32.6 Å². The lowest BCUT2D eigenvalue weighted by molar-refractivity contribution is -0.156. The quantitative estimate of drug-likeness (QED) is 0.0259. The Labute approximate surface area is 396 Å². The van der Waals surface area contributed by atoms with Crippen LogP contribution in [0.5, 0.6) is 0 Å². The van der Waals surface area contributed by atoms with Crippen LogP contribution in [0, 0.1) is 11.8 Å². The van der Waals surface area contributed by atoms with Gasteiger partial charge in [0.25, 0.3) is 0 Å². The molecule has 2 fully saturated rings. The number of carbonyl (C=O) groups is 6. The first kappa shape index (κ1) is 57.9. The number of amides is 4. The lowest BCUT2D eigenvalue weighted by atomic mass is 10.0. The van der Waals surface area contributed by atoms with Crippen molar-refractivity contribution in [2.75, 3.05) is 85.5 Å². The van der Waals surface area contributed by atoms with E-state index in [0.29, 0.717) is 58.5 Å². The number of nitrogens with one attached hydrogen (secondary N) is 2. The molecular formula is C50H86N4O12. The van der Waals surface area contributed by atoms with E-state index in [0.717, 1.165) is 25.7 Å². The van der Waals surface area contributed by atoms with E-state index < -0.39 is 35.7 Å². The molecule has 16 nitrogen and oxygen atoms in total. The fourth-order valence-corrected chi connectivity index (χ4v) is 7.49. The second-order valence-electron chi connectivity index (χ2n) is 17.3. The van der Waals surface area contributed by atoms with Crippen LogP contribution in [0.3, 0.4) is 0 Å². The monoisotopic (exact) mass is 935 g/mol. The summed E-state index contributed by atoms with van der Waals surface area (Å²) in [7, 11) is 0. The number of urea groups is 2. The van der Waals surface area contributed by atoms with E-state index in [4.69, 9.17) is 28.4 Å². The van der Waals surface area contributed by atoms with E-state index in [2.05, 4.69) is 36.6 Å². The van der Waals surface area contributed by atoms with Crippen molar-refractivity contribution in [1.29, 1.82) is 0 Å². The fourth-order valence-electron chi connectivity index (χ4n) is 7.49. The molecule has 2 heterocycles. The summed E-state index contributed by atoms with van der Waals surface area (Å²) in [5.41, 5.74) is 0. The smallest absolute Gasteiger partial charge is 0.317 e. The number of hydrogen-bond donors (Lipinski definition) is 2. The van der Waals surface area contributed by atoms with Crippen LogP contribution >= 0.6 is 0 Å². The van der Waals surface area contributed by atoms with E-state index in [1.165, 1.54) is 77.0 Å². The molecule has 2 rings (SSSR count). The van der Waals surface area contributed by atoms with Crippen molar-refractivity contribution in [3.8, 4) is 0 Å². The molecule has 0 spiro atoms. The maximum absolute atomic E-state index is 13.2. The third kappa shape index (κ3) is 29.5. The van der Waals surface area contributed by atoms with Crippen molar-refractivity contribution in [2.45, 2.75) is 162 Å². The van der Waals surface area contributed by atoms with Crippen molar-refractivity contribution in [3.63, 3.8) is 0 Å². The molecule has 0 aromatic heterocycles. The van der Waals surface area contributed by atoms with Gasteiger partial charge in [-0.2, -0.15) is 0 Å². The SMILES string of the molecule is CCCCCCCCC/C=C/CC(CC(=O)OCCN1CCNC1=O)C(=O)OCCOCCOC(C)CCOC(=O)C(C/C=C/CCCCCCCCC)CC(=O)OCCN1CCNC1=O. The van der Waals surface area contributed by atoms with Crippen LogP contribution in [0.15, 0.2) is 24.3 Å². The van der Waals surface area contributed by atoms with Gasteiger partial charge in [0.05, 0.1) is 70.3 Å². The van der Waals surface area contributed by atoms with Crippen LogP contribution < -0.4 is 10.6 Å². The third-order valence-electron chi connectivity index (χ3n) is 11.6. The van der Waals surface area contributed by atoms with Gasteiger partial charge in [-0.05, 0) is 45.4 Å². The predicted molar refractivity (Wildman–Crippen MR) is 254 cm³/mol. The molecule has 0 aliphatic carbocycles. The van der Waals surface area contributed by atoms with Crippen molar-refractivity contribution in [2.24, 2.45) is 11.8 Å². The molecular weight excluding hydrogens is 849 g/mol. The van der Waals surface area contributed by atoms with Crippen LogP contribution in [0.2, 0.25) is 0 Å². The minimum atomic E-state index is -0.702. The standard InChI is InChI=1S/C50H86N4O12/c1-4-6-8-10-12-14-16-18-20-22-24-43(40-45(55)63-34-31-53-29-27-51-49(53)59)47(57)65-33-26-42(3)62-38-36-61-37-39-66-48(58)44(25-23-21-19-17-15-13-11-9-7-5-2)41-46(56)64-35-32-54-30-28-52-50(54)60/h20-23,42-44H,4-19,24-41H2,1-3H3,(H,51,59)(H,52,60)/b22-20+,23-21+. The molecule has 3 atom stereocenters. The summed E-state index contributed by atoms with van der Waals surface area (Å²) in [6.45, 7) is 10.1. The van der Waals surface area contributed by atoms with E-state index in [9.17, 15) is 28.8 Å². The first-order chi connectivity index (χ1) is 32.1. The number of rotatable bonds is 42. The van der Waals surface area contributed by atoms with Crippen LogP contribution in [-0.4, -0.2) is 137 Å². The maximum Gasteiger partial charge on any atom is 0.317 e. The summed E-state index contributed by atoms with van der Waals surface area (Å²) in [5, 5.41) is 5.43. The van der Waals surface area contributed by atoms with Crippen LogP contribution in [0.4, 0.5) is 9.59 Å². The van der Waals surface area contributed by atoms with Gasteiger partial charge in [-0.15, -0.1) is 0 Å². The van der Waals surface area contributed by atoms with Crippen LogP contribution in [0.25, 0.3) is 0 Å². The molecule has 2 N–H and O–H groups in total. The Morgan fingerprint density at radius 1 is 0.545 bits per heavy atom. The van der Waals surface area contributed by atoms with Crippen molar-refractivity contribution in [3.05, 3.63) is 24.3 Å². The molecule has 0 saturated carbocycles. The lowest BCUT2D eigenvalue weighted by Crippen LogP contribution is -2.32. The molecule has 16 heteroatoms. The molecule has 0 radical (unpaired) electrons. The van der Waals surface area contributed by atoms with E-state index in [1.807, 2.05) is 19.1 Å². The Hall–Kier alpha value is -4.18. The number of allylic oxidation sites excluding steroid dienone is 4. The fraction of sp³-hybridized carbons (Fsp3) is 0.800. The number of hydrogen-bond acceptors (Lipinski definition) is 12. The molecule has 0 aromatic carbocycles. The van der Waals surface area contributed by atoms with Gasteiger partial charge in [-0.1, -0.05) is 115 Å². The zero-order valence-electron chi connectivity index (χ0n) is 40.9. The van der Waals surface area contributed by atoms with E-state index >= 15 is 0 Å². The number of ether oxygens (including phenoxy) is 6. The molecule has 2 saturated heterocycles. The molecule has 0 bridgehead atoms. The summed E-state index contributed by atoms with van der Waals surface area (Å²) >= 11 is 0. The lowest BCUT2D eigenvalue weighted by Gasteiger charge is -2.17.